The average Bonchev–Trinajstić information content (AvgIpc) is 2.51. The second-order valence-electron chi connectivity index (χ2n) is 5.04. The standard InChI is InChI=1S/C17H17NO3/c1-11(2)17(19)21-16(10-18)14-6-4-5-12-7-8-13(20-3)9-15(12)14/h4-9,11,16H,1-3H3. The van der Waals surface area contributed by atoms with Gasteiger partial charge in [-0.05, 0) is 22.9 Å². The summed E-state index contributed by atoms with van der Waals surface area (Å²) in [5.74, 6) is 0.0358. The number of esters is 1. The van der Waals surface area contributed by atoms with Gasteiger partial charge >= 0.3 is 5.97 Å². The first-order valence-electron chi connectivity index (χ1n) is 6.73. The molecule has 0 bridgehead atoms. The van der Waals surface area contributed by atoms with Crippen LogP contribution in [-0.4, -0.2) is 13.1 Å². The van der Waals surface area contributed by atoms with E-state index < -0.39 is 6.10 Å². The lowest BCUT2D eigenvalue weighted by atomic mass is 10.0. The average molecular weight is 283 g/mol. The van der Waals surface area contributed by atoms with Crippen molar-refractivity contribution in [3.8, 4) is 11.8 Å². The highest BCUT2D eigenvalue weighted by Gasteiger charge is 2.20. The number of carbonyl (C=O) groups excluding carboxylic acids is 1. The van der Waals surface area contributed by atoms with Gasteiger partial charge < -0.3 is 9.47 Å². The molecule has 2 rings (SSSR count). The maximum absolute atomic E-state index is 11.7. The van der Waals surface area contributed by atoms with Crippen LogP contribution in [0.25, 0.3) is 10.8 Å². The molecule has 4 heteroatoms. The quantitative estimate of drug-likeness (QED) is 0.804. The molecule has 0 aromatic heterocycles. The summed E-state index contributed by atoms with van der Waals surface area (Å²) in [4.78, 5) is 11.7. The third-order valence-corrected chi connectivity index (χ3v) is 3.23. The zero-order valence-electron chi connectivity index (χ0n) is 12.3. The zero-order valence-corrected chi connectivity index (χ0v) is 12.3. The Morgan fingerprint density at radius 3 is 2.62 bits per heavy atom. The summed E-state index contributed by atoms with van der Waals surface area (Å²) in [6, 6.07) is 13.2. The van der Waals surface area contributed by atoms with Crippen molar-refractivity contribution in [3.63, 3.8) is 0 Å². The number of methoxy groups -OCH3 is 1. The Hall–Kier alpha value is -2.54. The van der Waals surface area contributed by atoms with Crippen LogP contribution < -0.4 is 4.74 Å². The maximum atomic E-state index is 11.7. The van der Waals surface area contributed by atoms with E-state index in [2.05, 4.69) is 0 Å². The van der Waals surface area contributed by atoms with E-state index >= 15 is 0 Å². The number of hydrogen-bond donors (Lipinski definition) is 0. The van der Waals surface area contributed by atoms with Crippen LogP contribution in [0, 0.1) is 17.2 Å². The van der Waals surface area contributed by atoms with Gasteiger partial charge in [0.05, 0.1) is 13.0 Å². The van der Waals surface area contributed by atoms with Crippen LogP contribution in [0.3, 0.4) is 0 Å². The van der Waals surface area contributed by atoms with E-state index in [4.69, 9.17) is 9.47 Å². The minimum Gasteiger partial charge on any atom is -0.497 e. The van der Waals surface area contributed by atoms with Crippen LogP contribution in [0.15, 0.2) is 36.4 Å². The van der Waals surface area contributed by atoms with Gasteiger partial charge in [-0.2, -0.15) is 5.26 Å². The number of fused-ring (bicyclic) bond motifs is 1. The van der Waals surface area contributed by atoms with E-state index in [1.54, 1.807) is 27.0 Å². The van der Waals surface area contributed by atoms with Gasteiger partial charge in [0.15, 0.2) is 0 Å². The fraction of sp³-hybridized carbons (Fsp3) is 0.294. The van der Waals surface area contributed by atoms with E-state index in [9.17, 15) is 10.1 Å². The molecule has 0 aliphatic rings. The van der Waals surface area contributed by atoms with E-state index in [1.807, 2.05) is 36.4 Å². The van der Waals surface area contributed by atoms with Crippen LogP contribution in [-0.2, 0) is 9.53 Å². The molecular formula is C17H17NO3. The first-order chi connectivity index (χ1) is 10.1. The number of ether oxygens (including phenoxy) is 2. The van der Waals surface area contributed by atoms with Crippen molar-refractivity contribution >= 4 is 16.7 Å². The first-order valence-corrected chi connectivity index (χ1v) is 6.73. The number of nitriles is 1. The van der Waals surface area contributed by atoms with Crippen molar-refractivity contribution in [1.29, 1.82) is 5.26 Å². The van der Waals surface area contributed by atoms with E-state index in [0.29, 0.717) is 11.3 Å². The molecule has 2 aromatic carbocycles. The number of rotatable bonds is 4. The summed E-state index contributed by atoms with van der Waals surface area (Å²) < 4.78 is 10.5. The SMILES string of the molecule is COc1ccc2cccc(C(C#N)OC(=O)C(C)C)c2c1. The Kier molecular flexibility index (Phi) is 4.44. The Bertz CT molecular complexity index is 701. The minimum absolute atomic E-state index is 0.273. The van der Waals surface area contributed by atoms with Crippen LogP contribution >= 0.6 is 0 Å². The van der Waals surface area contributed by atoms with E-state index in [-0.39, 0.29) is 11.9 Å². The highest BCUT2D eigenvalue weighted by atomic mass is 16.5. The Morgan fingerprint density at radius 2 is 2.00 bits per heavy atom. The van der Waals surface area contributed by atoms with Gasteiger partial charge in [0, 0.05) is 5.56 Å². The molecule has 2 aromatic rings. The number of carbonyl (C=O) groups is 1. The normalized spacial score (nSPS) is 12.0. The molecule has 4 nitrogen and oxygen atoms in total. The van der Waals surface area contributed by atoms with Gasteiger partial charge in [-0.1, -0.05) is 38.1 Å². The Labute approximate surface area is 123 Å². The Balaban J connectivity index is 2.48. The molecule has 0 aliphatic carbocycles. The summed E-state index contributed by atoms with van der Waals surface area (Å²) in [6.07, 6.45) is -0.921. The molecule has 1 atom stereocenters. The number of hydrogen-bond acceptors (Lipinski definition) is 4. The topological polar surface area (TPSA) is 59.3 Å². The van der Waals surface area contributed by atoms with Crippen molar-refractivity contribution < 1.29 is 14.3 Å². The fourth-order valence-corrected chi connectivity index (χ4v) is 2.04. The molecule has 0 saturated carbocycles. The van der Waals surface area contributed by atoms with Crippen LogP contribution in [0.5, 0.6) is 5.75 Å². The van der Waals surface area contributed by atoms with Crippen molar-refractivity contribution in [2.45, 2.75) is 20.0 Å². The highest BCUT2D eigenvalue weighted by Crippen LogP contribution is 2.29. The number of benzene rings is 2. The van der Waals surface area contributed by atoms with Gasteiger partial charge in [0.1, 0.15) is 11.8 Å². The van der Waals surface area contributed by atoms with E-state index in [0.717, 1.165) is 10.8 Å². The van der Waals surface area contributed by atoms with Gasteiger partial charge in [0.2, 0.25) is 6.10 Å². The van der Waals surface area contributed by atoms with Crippen LogP contribution in [0.2, 0.25) is 0 Å². The lowest BCUT2D eigenvalue weighted by Crippen LogP contribution is -2.15. The number of nitrogens with zero attached hydrogens (tertiary/aromatic N) is 1. The van der Waals surface area contributed by atoms with Gasteiger partial charge in [0.25, 0.3) is 0 Å². The molecule has 0 N–H and O–H groups in total. The molecule has 0 saturated heterocycles. The maximum Gasteiger partial charge on any atom is 0.310 e. The monoisotopic (exact) mass is 283 g/mol. The summed E-state index contributed by atoms with van der Waals surface area (Å²) >= 11 is 0. The molecule has 0 aliphatic heterocycles. The molecule has 0 amide bonds. The van der Waals surface area contributed by atoms with Crippen molar-refractivity contribution in [2.24, 2.45) is 5.92 Å². The molecule has 0 heterocycles. The lowest BCUT2D eigenvalue weighted by Gasteiger charge is -2.15. The minimum atomic E-state index is -0.921. The molecule has 0 spiro atoms. The zero-order chi connectivity index (χ0) is 15.4. The van der Waals surface area contributed by atoms with Crippen LogP contribution in [0.4, 0.5) is 0 Å². The van der Waals surface area contributed by atoms with Crippen LogP contribution in [0.1, 0.15) is 25.5 Å². The second kappa shape index (κ2) is 6.27. The van der Waals surface area contributed by atoms with Gasteiger partial charge in [-0.3, -0.25) is 4.79 Å². The predicted molar refractivity (Wildman–Crippen MR) is 79.8 cm³/mol. The third-order valence-electron chi connectivity index (χ3n) is 3.23. The molecule has 108 valence electrons. The lowest BCUT2D eigenvalue weighted by molar-refractivity contribution is -0.150. The molecule has 21 heavy (non-hydrogen) atoms. The fourth-order valence-electron chi connectivity index (χ4n) is 2.04. The van der Waals surface area contributed by atoms with Crippen molar-refractivity contribution in [3.05, 3.63) is 42.0 Å². The summed E-state index contributed by atoms with van der Waals surface area (Å²) in [6.45, 7) is 3.48. The van der Waals surface area contributed by atoms with Crippen molar-refractivity contribution in [1.82, 2.24) is 0 Å². The van der Waals surface area contributed by atoms with Crippen molar-refractivity contribution in [2.75, 3.05) is 7.11 Å². The summed E-state index contributed by atoms with van der Waals surface area (Å²) in [5.41, 5.74) is 0.669. The molecule has 0 radical (unpaired) electrons. The molecule has 0 fully saturated rings. The largest absolute Gasteiger partial charge is 0.497 e. The molecular weight excluding hydrogens is 266 g/mol. The first kappa shape index (κ1) is 14.9. The summed E-state index contributed by atoms with van der Waals surface area (Å²) in [5, 5.41) is 11.2. The highest BCUT2D eigenvalue weighted by molar-refractivity contribution is 5.88. The predicted octanol–water partition coefficient (Wildman–Crippen LogP) is 3.61. The smallest absolute Gasteiger partial charge is 0.310 e. The van der Waals surface area contributed by atoms with E-state index in [1.165, 1.54) is 0 Å². The van der Waals surface area contributed by atoms with Gasteiger partial charge in [-0.25, -0.2) is 0 Å². The third kappa shape index (κ3) is 3.14. The Morgan fingerprint density at radius 1 is 1.24 bits per heavy atom. The van der Waals surface area contributed by atoms with Gasteiger partial charge in [-0.15, -0.1) is 0 Å². The second-order valence-corrected chi connectivity index (χ2v) is 5.04. The molecule has 1 unspecified atom stereocenters. The summed E-state index contributed by atoms with van der Waals surface area (Å²) in [7, 11) is 1.59.